The summed E-state index contributed by atoms with van der Waals surface area (Å²) in [5.41, 5.74) is 1.84. The van der Waals surface area contributed by atoms with Gasteiger partial charge in [0, 0.05) is 43.8 Å². The minimum absolute atomic E-state index is 0.0773. The molecule has 18 heavy (non-hydrogen) atoms. The molecule has 100 valence electrons. The highest BCUT2D eigenvalue weighted by molar-refractivity contribution is 9.09. The normalized spacial score (nSPS) is 12.1. The van der Waals surface area contributed by atoms with Crippen LogP contribution >= 0.6 is 15.9 Å². The van der Waals surface area contributed by atoms with E-state index >= 15 is 0 Å². The maximum absolute atomic E-state index is 12.1. The van der Waals surface area contributed by atoms with Gasteiger partial charge in [-0.3, -0.25) is 4.79 Å². The van der Waals surface area contributed by atoms with E-state index in [1.165, 1.54) is 0 Å². The van der Waals surface area contributed by atoms with Gasteiger partial charge in [-0.25, -0.2) is 0 Å². The lowest BCUT2D eigenvalue weighted by Gasteiger charge is -2.18. The minimum Gasteiger partial charge on any atom is -0.378 e. The quantitative estimate of drug-likeness (QED) is 0.780. The predicted molar refractivity (Wildman–Crippen MR) is 80.7 cm³/mol. The van der Waals surface area contributed by atoms with Crippen molar-refractivity contribution in [2.45, 2.75) is 18.2 Å². The Bertz CT molecular complexity index is 387. The van der Waals surface area contributed by atoms with Gasteiger partial charge in [-0.15, -0.1) is 0 Å². The highest BCUT2D eigenvalue weighted by atomic mass is 79.9. The molecule has 0 aliphatic rings. The summed E-state index contributed by atoms with van der Waals surface area (Å²) >= 11 is 3.49. The lowest BCUT2D eigenvalue weighted by molar-refractivity contribution is 0.0794. The monoisotopic (exact) mass is 312 g/mol. The summed E-state index contributed by atoms with van der Waals surface area (Å²) in [4.78, 5) is 16.4. The summed E-state index contributed by atoms with van der Waals surface area (Å²) in [6.45, 7) is 2.85. The average Bonchev–Trinajstić information content (AvgIpc) is 2.35. The molecule has 0 saturated heterocycles. The Morgan fingerprint density at radius 1 is 1.22 bits per heavy atom. The first-order valence-corrected chi connectivity index (χ1v) is 7.00. The molecule has 3 nitrogen and oxygen atoms in total. The molecule has 0 aliphatic carbocycles. The second-order valence-corrected chi connectivity index (χ2v) is 6.30. The molecule has 4 heteroatoms. The van der Waals surface area contributed by atoms with Crippen LogP contribution in [0.4, 0.5) is 5.69 Å². The van der Waals surface area contributed by atoms with Gasteiger partial charge >= 0.3 is 0 Å². The molecular formula is C14H21BrN2O. The van der Waals surface area contributed by atoms with E-state index in [1.54, 1.807) is 4.90 Å². The zero-order chi connectivity index (χ0) is 13.7. The van der Waals surface area contributed by atoms with Crippen LogP contribution in [-0.4, -0.2) is 43.3 Å². The zero-order valence-electron chi connectivity index (χ0n) is 11.5. The summed E-state index contributed by atoms with van der Waals surface area (Å²) < 4.78 is 0. The number of hydrogen-bond donors (Lipinski definition) is 0. The van der Waals surface area contributed by atoms with Crippen molar-refractivity contribution in [2.24, 2.45) is 0 Å². The van der Waals surface area contributed by atoms with Gasteiger partial charge in [-0.1, -0.05) is 22.9 Å². The molecule has 0 N–H and O–H groups in total. The van der Waals surface area contributed by atoms with Crippen LogP contribution in [0.15, 0.2) is 24.3 Å². The molecule has 1 atom stereocenters. The highest BCUT2D eigenvalue weighted by Gasteiger charge is 2.12. The van der Waals surface area contributed by atoms with E-state index in [0.29, 0.717) is 4.83 Å². The number of halogens is 1. The summed E-state index contributed by atoms with van der Waals surface area (Å²) in [7, 11) is 5.82. The number of alkyl halides is 1. The van der Waals surface area contributed by atoms with Crippen LogP contribution in [-0.2, 0) is 0 Å². The van der Waals surface area contributed by atoms with E-state index in [4.69, 9.17) is 0 Å². The standard InChI is InChI=1S/C14H21BrN2O/c1-11(15)9-10-17(4)14(18)12-5-7-13(8-6-12)16(2)3/h5-8,11H,9-10H2,1-4H3. The Kier molecular flexibility index (Phi) is 5.66. The smallest absolute Gasteiger partial charge is 0.253 e. The van der Waals surface area contributed by atoms with Gasteiger partial charge < -0.3 is 9.80 Å². The van der Waals surface area contributed by atoms with Gasteiger partial charge in [0.05, 0.1) is 0 Å². The van der Waals surface area contributed by atoms with E-state index < -0.39 is 0 Å². The summed E-state index contributed by atoms with van der Waals surface area (Å²) in [5.74, 6) is 0.0773. The number of hydrogen-bond acceptors (Lipinski definition) is 2. The van der Waals surface area contributed by atoms with Crippen LogP contribution in [0.1, 0.15) is 23.7 Å². The molecule has 1 rings (SSSR count). The van der Waals surface area contributed by atoms with E-state index in [9.17, 15) is 4.79 Å². The van der Waals surface area contributed by atoms with E-state index in [-0.39, 0.29) is 5.91 Å². The van der Waals surface area contributed by atoms with Gasteiger partial charge in [-0.2, -0.15) is 0 Å². The van der Waals surface area contributed by atoms with E-state index in [1.807, 2.05) is 50.3 Å². The number of carbonyl (C=O) groups is 1. The fourth-order valence-electron chi connectivity index (χ4n) is 1.60. The predicted octanol–water partition coefficient (Wildman–Crippen LogP) is 3.00. The Labute approximate surface area is 118 Å². The molecule has 0 radical (unpaired) electrons. The molecule has 0 saturated carbocycles. The van der Waals surface area contributed by atoms with Crippen LogP contribution in [0.2, 0.25) is 0 Å². The van der Waals surface area contributed by atoms with Crippen molar-refractivity contribution in [3.05, 3.63) is 29.8 Å². The molecule has 0 aliphatic heterocycles. The van der Waals surface area contributed by atoms with Crippen molar-refractivity contribution >= 4 is 27.5 Å². The van der Waals surface area contributed by atoms with Crippen LogP contribution < -0.4 is 4.90 Å². The molecular weight excluding hydrogens is 292 g/mol. The molecule has 0 heterocycles. The number of nitrogens with zero attached hydrogens (tertiary/aromatic N) is 2. The lowest BCUT2D eigenvalue weighted by Crippen LogP contribution is -2.28. The molecule has 1 unspecified atom stereocenters. The third kappa shape index (κ3) is 4.33. The second kappa shape index (κ2) is 6.78. The minimum atomic E-state index is 0.0773. The van der Waals surface area contributed by atoms with Gasteiger partial charge in [-0.05, 0) is 30.7 Å². The molecule has 1 aromatic rings. The van der Waals surface area contributed by atoms with Gasteiger partial charge in [0.2, 0.25) is 0 Å². The summed E-state index contributed by atoms with van der Waals surface area (Å²) in [5, 5.41) is 0. The van der Waals surface area contributed by atoms with Crippen LogP contribution in [0.5, 0.6) is 0 Å². The Morgan fingerprint density at radius 2 is 1.78 bits per heavy atom. The first-order valence-electron chi connectivity index (χ1n) is 6.08. The summed E-state index contributed by atoms with van der Waals surface area (Å²) in [6.07, 6.45) is 0.956. The fourth-order valence-corrected chi connectivity index (χ4v) is 1.80. The van der Waals surface area contributed by atoms with Crippen molar-refractivity contribution < 1.29 is 4.79 Å². The van der Waals surface area contributed by atoms with Crippen molar-refractivity contribution in [1.82, 2.24) is 4.90 Å². The molecule has 0 bridgehead atoms. The Morgan fingerprint density at radius 3 is 2.22 bits per heavy atom. The van der Waals surface area contributed by atoms with Crippen molar-refractivity contribution in [3.8, 4) is 0 Å². The number of carbonyl (C=O) groups excluding carboxylic acids is 1. The highest BCUT2D eigenvalue weighted by Crippen LogP contribution is 2.14. The van der Waals surface area contributed by atoms with Crippen LogP contribution in [0.25, 0.3) is 0 Å². The Hall–Kier alpha value is -1.03. The summed E-state index contributed by atoms with van der Waals surface area (Å²) in [6, 6.07) is 7.69. The maximum Gasteiger partial charge on any atom is 0.253 e. The lowest BCUT2D eigenvalue weighted by atomic mass is 10.1. The largest absolute Gasteiger partial charge is 0.378 e. The first-order chi connectivity index (χ1) is 8.41. The molecule has 1 amide bonds. The molecule has 1 aromatic carbocycles. The third-order valence-corrected chi connectivity index (χ3v) is 3.30. The second-order valence-electron chi connectivity index (χ2n) is 4.74. The number of amides is 1. The molecule has 0 aromatic heterocycles. The van der Waals surface area contributed by atoms with Crippen molar-refractivity contribution in [1.29, 1.82) is 0 Å². The number of benzene rings is 1. The SMILES string of the molecule is CC(Br)CCN(C)C(=O)c1ccc(N(C)C)cc1. The molecule has 0 fully saturated rings. The number of anilines is 1. The van der Waals surface area contributed by atoms with Crippen molar-refractivity contribution in [2.75, 3.05) is 32.6 Å². The average molecular weight is 313 g/mol. The molecule has 0 spiro atoms. The zero-order valence-corrected chi connectivity index (χ0v) is 13.1. The van der Waals surface area contributed by atoms with Crippen LogP contribution in [0.3, 0.4) is 0 Å². The maximum atomic E-state index is 12.1. The number of rotatable bonds is 5. The van der Waals surface area contributed by atoms with E-state index in [2.05, 4.69) is 22.9 Å². The van der Waals surface area contributed by atoms with Crippen molar-refractivity contribution in [3.63, 3.8) is 0 Å². The Balaban J connectivity index is 2.66. The van der Waals surface area contributed by atoms with E-state index in [0.717, 1.165) is 24.2 Å². The van der Waals surface area contributed by atoms with Gasteiger partial charge in [0.25, 0.3) is 5.91 Å². The first kappa shape index (κ1) is 15.0. The third-order valence-electron chi connectivity index (χ3n) is 2.84. The topological polar surface area (TPSA) is 23.6 Å². The van der Waals surface area contributed by atoms with Gasteiger partial charge in [0.15, 0.2) is 0 Å². The van der Waals surface area contributed by atoms with Gasteiger partial charge in [0.1, 0.15) is 0 Å². The van der Waals surface area contributed by atoms with Crippen LogP contribution in [0, 0.1) is 0 Å². The fraction of sp³-hybridized carbons (Fsp3) is 0.500.